The van der Waals surface area contributed by atoms with Gasteiger partial charge in [0.1, 0.15) is 11.6 Å². The summed E-state index contributed by atoms with van der Waals surface area (Å²) in [6.45, 7) is 4.78. The molecule has 0 radical (unpaired) electrons. The van der Waals surface area contributed by atoms with Crippen LogP contribution in [-0.2, 0) is 13.6 Å². The summed E-state index contributed by atoms with van der Waals surface area (Å²) in [5.74, 6) is 2.20. The maximum Gasteiger partial charge on any atom is 0.146 e. The van der Waals surface area contributed by atoms with E-state index in [2.05, 4.69) is 21.2 Å². The number of piperidine rings is 1. The van der Waals surface area contributed by atoms with Crippen LogP contribution in [0.5, 0.6) is 0 Å². The highest BCUT2D eigenvalue weighted by molar-refractivity contribution is 4.94. The molecule has 5 heteroatoms. The minimum absolute atomic E-state index is 0.248. The van der Waals surface area contributed by atoms with Crippen molar-refractivity contribution < 1.29 is 0 Å². The number of rotatable bonds is 2. The van der Waals surface area contributed by atoms with Crippen molar-refractivity contribution in [3.63, 3.8) is 0 Å². The summed E-state index contributed by atoms with van der Waals surface area (Å²) >= 11 is 0. The fourth-order valence-electron chi connectivity index (χ4n) is 2.01. The van der Waals surface area contributed by atoms with Gasteiger partial charge < -0.3 is 4.57 Å². The molecule has 0 aliphatic carbocycles. The molecule has 1 aromatic heterocycles. The lowest BCUT2D eigenvalue weighted by Gasteiger charge is -2.28. The van der Waals surface area contributed by atoms with Gasteiger partial charge in [-0.15, -0.1) is 10.2 Å². The third-order valence-electron chi connectivity index (χ3n) is 3.32. The summed E-state index contributed by atoms with van der Waals surface area (Å²) in [6, 6.07) is 2.34. The average molecular weight is 219 g/mol. The van der Waals surface area contributed by atoms with E-state index in [0.29, 0.717) is 0 Å². The van der Waals surface area contributed by atoms with E-state index >= 15 is 0 Å². The van der Waals surface area contributed by atoms with Gasteiger partial charge in [0.2, 0.25) is 0 Å². The van der Waals surface area contributed by atoms with Crippen LogP contribution in [0, 0.1) is 24.2 Å². The molecule has 0 saturated carbocycles. The monoisotopic (exact) mass is 219 g/mol. The fraction of sp³-hybridized carbons (Fsp3) is 0.727. The second-order valence-electron chi connectivity index (χ2n) is 4.40. The summed E-state index contributed by atoms with van der Waals surface area (Å²) in [5.41, 5.74) is 0. The van der Waals surface area contributed by atoms with E-state index in [9.17, 15) is 0 Å². The first-order chi connectivity index (χ1) is 7.70. The molecule has 0 N–H and O–H groups in total. The first-order valence-electron chi connectivity index (χ1n) is 5.67. The predicted octanol–water partition coefficient (Wildman–Crippen LogP) is 0.859. The lowest BCUT2D eigenvalue weighted by atomic mass is 9.99. The molecule has 0 amide bonds. The van der Waals surface area contributed by atoms with Crippen LogP contribution in [0.1, 0.15) is 24.5 Å². The number of aryl methyl sites for hydroxylation is 1. The van der Waals surface area contributed by atoms with Crippen molar-refractivity contribution in [1.29, 1.82) is 5.26 Å². The lowest BCUT2D eigenvalue weighted by molar-refractivity contribution is 0.192. The summed E-state index contributed by atoms with van der Waals surface area (Å²) in [7, 11) is 1.99. The molecule has 86 valence electrons. The SMILES string of the molecule is Cc1nnc(CN2CCC(C#N)CC2)n1C. The van der Waals surface area contributed by atoms with Gasteiger partial charge in [-0.05, 0) is 32.9 Å². The van der Waals surface area contributed by atoms with Crippen LogP contribution in [0.15, 0.2) is 0 Å². The molecule has 0 aromatic carbocycles. The first-order valence-corrected chi connectivity index (χ1v) is 5.67. The Balaban J connectivity index is 1.92. The highest BCUT2D eigenvalue weighted by Gasteiger charge is 2.20. The Bertz CT molecular complexity index is 395. The van der Waals surface area contributed by atoms with E-state index in [1.807, 2.05) is 18.5 Å². The Hall–Kier alpha value is -1.41. The van der Waals surface area contributed by atoms with Crippen LogP contribution in [0.2, 0.25) is 0 Å². The smallest absolute Gasteiger partial charge is 0.146 e. The van der Waals surface area contributed by atoms with Crippen LogP contribution in [-0.4, -0.2) is 32.8 Å². The summed E-state index contributed by atoms with van der Waals surface area (Å²) in [4.78, 5) is 2.34. The largest absolute Gasteiger partial charge is 0.317 e. The Morgan fingerprint density at radius 3 is 2.56 bits per heavy atom. The molecule has 1 aromatic rings. The molecule has 0 bridgehead atoms. The summed E-state index contributed by atoms with van der Waals surface area (Å²) in [5, 5.41) is 17.0. The zero-order valence-corrected chi connectivity index (χ0v) is 9.85. The van der Waals surface area contributed by atoms with Gasteiger partial charge in [0, 0.05) is 13.0 Å². The molecule has 5 nitrogen and oxygen atoms in total. The van der Waals surface area contributed by atoms with E-state index in [1.165, 1.54) is 0 Å². The second kappa shape index (κ2) is 4.62. The van der Waals surface area contributed by atoms with E-state index in [1.54, 1.807) is 0 Å². The molecule has 0 spiro atoms. The van der Waals surface area contributed by atoms with E-state index in [-0.39, 0.29) is 5.92 Å². The Morgan fingerprint density at radius 1 is 1.38 bits per heavy atom. The van der Waals surface area contributed by atoms with Crippen molar-refractivity contribution in [2.24, 2.45) is 13.0 Å². The highest BCUT2D eigenvalue weighted by atomic mass is 15.3. The molecule has 2 heterocycles. The molecule has 0 unspecified atom stereocenters. The highest BCUT2D eigenvalue weighted by Crippen LogP contribution is 2.17. The number of hydrogen-bond donors (Lipinski definition) is 0. The van der Waals surface area contributed by atoms with Crippen LogP contribution in [0.3, 0.4) is 0 Å². The van der Waals surface area contributed by atoms with E-state index in [0.717, 1.165) is 44.1 Å². The Kier molecular flexibility index (Phi) is 3.20. The van der Waals surface area contributed by atoms with Gasteiger partial charge in [-0.1, -0.05) is 0 Å². The Morgan fingerprint density at radius 2 is 2.06 bits per heavy atom. The van der Waals surface area contributed by atoms with Crippen molar-refractivity contribution in [2.75, 3.05) is 13.1 Å². The topological polar surface area (TPSA) is 57.7 Å². The van der Waals surface area contributed by atoms with Crippen LogP contribution in [0.4, 0.5) is 0 Å². The van der Waals surface area contributed by atoms with Gasteiger partial charge in [0.05, 0.1) is 12.6 Å². The molecular formula is C11H17N5. The van der Waals surface area contributed by atoms with Crippen LogP contribution < -0.4 is 0 Å². The van der Waals surface area contributed by atoms with Crippen molar-refractivity contribution in [3.05, 3.63) is 11.6 Å². The maximum absolute atomic E-state index is 8.82. The molecule has 1 fully saturated rings. The first kappa shape index (κ1) is 11.1. The van der Waals surface area contributed by atoms with Gasteiger partial charge in [0.25, 0.3) is 0 Å². The normalized spacial score (nSPS) is 18.6. The van der Waals surface area contributed by atoms with Crippen molar-refractivity contribution in [3.8, 4) is 6.07 Å². The van der Waals surface area contributed by atoms with Crippen molar-refractivity contribution in [1.82, 2.24) is 19.7 Å². The number of aromatic nitrogens is 3. The van der Waals surface area contributed by atoms with Gasteiger partial charge in [-0.2, -0.15) is 5.26 Å². The van der Waals surface area contributed by atoms with Crippen LogP contribution >= 0.6 is 0 Å². The second-order valence-corrected chi connectivity index (χ2v) is 4.40. The lowest BCUT2D eigenvalue weighted by Crippen LogP contribution is -2.33. The standard InChI is InChI=1S/C11H17N5/c1-9-13-14-11(15(9)2)8-16-5-3-10(7-12)4-6-16/h10H,3-6,8H2,1-2H3. The van der Waals surface area contributed by atoms with E-state index in [4.69, 9.17) is 5.26 Å². The van der Waals surface area contributed by atoms with Crippen molar-refractivity contribution >= 4 is 0 Å². The Labute approximate surface area is 95.7 Å². The summed E-state index contributed by atoms with van der Waals surface area (Å²) < 4.78 is 2.02. The predicted molar refractivity (Wildman–Crippen MR) is 59.4 cm³/mol. The maximum atomic E-state index is 8.82. The third-order valence-corrected chi connectivity index (χ3v) is 3.32. The zero-order valence-electron chi connectivity index (χ0n) is 9.85. The van der Waals surface area contributed by atoms with Crippen molar-refractivity contribution in [2.45, 2.75) is 26.3 Å². The number of hydrogen-bond acceptors (Lipinski definition) is 4. The summed E-state index contributed by atoms with van der Waals surface area (Å²) in [6.07, 6.45) is 1.96. The quantitative estimate of drug-likeness (QED) is 0.740. The molecular weight excluding hydrogens is 202 g/mol. The zero-order chi connectivity index (χ0) is 11.5. The molecule has 1 saturated heterocycles. The van der Waals surface area contributed by atoms with E-state index < -0.39 is 0 Å². The average Bonchev–Trinajstić information content (AvgIpc) is 2.62. The molecule has 16 heavy (non-hydrogen) atoms. The van der Waals surface area contributed by atoms with Crippen LogP contribution in [0.25, 0.3) is 0 Å². The third kappa shape index (κ3) is 2.22. The van der Waals surface area contributed by atoms with Gasteiger partial charge in [0.15, 0.2) is 0 Å². The van der Waals surface area contributed by atoms with Gasteiger partial charge >= 0.3 is 0 Å². The number of likely N-dealkylation sites (tertiary alicyclic amines) is 1. The number of nitriles is 1. The minimum atomic E-state index is 0.248. The number of nitrogens with zero attached hydrogens (tertiary/aromatic N) is 5. The van der Waals surface area contributed by atoms with Gasteiger partial charge in [-0.25, -0.2) is 0 Å². The molecule has 1 aliphatic rings. The molecule has 0 atom stereocenters. The molecule has 2 rings (SSSR count). The molecule has 1 aliphatic heterocycles. The minimum Gasteiger partial charge on any atom is -0.317 e. The van der Waals surface area contributed by atoms with Gasteiger partial charge in [-0.3, -0.25) is 4.90 Å². The fourth-order valence-corrected chi connectivity index (χ4v) is 2.01.